The molecule has 1 atom stereocenters. The van der Waals surface area contributed by atoms with Crippen LogP contribution in [-0.2, 0) is 6.54 Å². The molecule has 0 saturated carbocycles. The summed E-state index contributed by atoms with van der Waals surface area (Å²) in [6, 6.07) is 15.3. The predicted octanol–water partition coefficient (Wildman–Crippen LogP) is 3.44. The fraction of sp³-hybridized carbons (Fsp3) is 0.200. The van der Waals surface area contributed by atoms with Crippen LogP contribution in [0.1, 0.15) is 24.1 Å². The lowest BCUT2D eigenvalue weighted by atomic mass is 10.1. The van der Waals surface area contributed by atoms with Gasteiger partial charge in [0.1, 0.15) is 5.75 Å². The van der Waals surface area contributed by atoms with Gasteiger partial charge in [-0.25, -0.2) is 9.78 Å². The summed E-state index contributed by atoms with van der Waals surface area (Å²) < 4.78 is 7.06. The number of aromatic nitrogens is 2. The lowest BCUT2D eigenvalue weighted by Crippen LogP contribution is -2.36. The Kier molecular flexibility index (Phi) is 5.53. The minimum atomic E-state index is -0.202. The van der Waals surface area contributed by atoms with E-state index in [9.17, 15) is 4.79 Å². The third-order valence-corrected chi connectivity index (χ3v) is 4.16. The number of carbonyl (C=O) groups is 1. The van der Waals surface area contributed by atoms with Crippen molar-refractivity contribution in [2.75, 3.05) is 7.11 Å². The van der Waals surface area contributed by atoms with Crippen LogP contribution in [0.4, 0.5) is 4.79 Å². The minimum Gasteiger partial charge on any atom is -0.497 e. The first-order valence-corrected chi connectivity index (χ1v) is 8.41. The highest BCUT2D eigenvalue weighted by Gasteiger charge is 2.09. The molecule has 0 saturated heterocycles. The number of carbonyl (C=O) groups excluding carboxylic acids is 1. The summed E-state index contributed by atoms with van der Waals surface area (Å²) in [6.07, 6.45) is 5.39. The zero-order valence-electron chi connectivity index (χ0n) is 14.8. The fourth-order valence-corrected chi connectivity index (χ4v) is 2.60. The van der Waals surface area contributed by atoms with Crippen molar-refractivity contribution >= 4 is 6.03 Å². The molecule has 1 aromatic heterocycles. The Labute approximate surface area is 152 Å². The second-order valence-corrected chi connectivity index (χ2v) is 5.96. The first-order chi connectivity index (χ1) is 12.7. The van der Waals surface area contributed by atoms with E-state index in [-0.39, 0.29) is 12.1 Å². The van der Waals surface area contributed by atoms with Crippen LogP contribution < -0.4 is 15.4 Å². The normalized spacial score (nSPS) is 11.6. The topological polar surface area (TPSA) is 68.2 Å². The Hall–Kier alpha value is -3.28. The number of nitrogens with one attached hydrogen (secondary N) is 2. The van der Waals surface area contributed by atoms with E-state index in [1.165, 1.54) is 0 Å². The highest BCUT2D eigenvalue weighted by molar-refractivity contribution is 5.74. The molecule has 0 fully saturated rings. The van der Waals surface area contributed by atoms with Gasteiger partial charge in [0.25, 0.3) is 0 Å². The van der Waals surface area contributed by atoms with E-state index >= 15 is 0 Å². The van der Waals surface area contributed by atoms with Gasteiger partial charge in [-0.05, 0) is 42.3 Å². The van der Waals surface area contributed by atoms with Crippen LogP contribution >= 0.6 is 0 Å². The number of amides is 2. The summed E-state index contributed by atoms with van der Waals surface area (Å²) >= 11 is 0. The zero-order chi connectivity index (χ0) is 18.4. The van der Waals surface area contributed by atoms with Gasteiger partial charge in [0.2, 0.25) is 0 Å². The molecule has 0 bridgehead atoms. The molecule has 134 valence electrons. The zero-order valence-corrected chi connectivity index (χ0v) is 14.8. The first-order valence-electron chi connectivity index (χ1n) is 8.41. The summed E-state index contributed by atoms with van der Waals surface area (Å²) in [7, 11) is 1.63. The average Bonchev–Trinajstić information content (AvgIpc) is 3.21. The van der Waals surface area contributed by atoms with Crippen LogP contribution in [0.25, 0.3) is 5.69 Å². The van der Waals surface area contributed by atoms with E-state index in [1.54, 1.807) is 19.6 Å². The smallest absolute Gasteiger partial charge is 0.315 e. The van der Waals surface area contributed by atoms with Crippen molar-refractivity contribution in [2.24, 2.45) is 0 Å². The number of ether oxygens (including phenoxy) is 1. The van der Waals surface area contributed by atoms with E-state index in [4.69, 9.17) is 4.74 Å². The molecular formula is C20H22N4O2. The summed E-state index contributed by atoms with van der Waals surface area (Å²) in [5.74, 6) is 0.797. The van der Waals surface area contributed by atoms with Crippen molar-refractivity contribution in [3.8, 4) is 11.4 Å². The SMILES string of the molecule is COc1ccc(CNC(=O)NC(C)c2ccc(-n3ccnc3)cc2)cc1. The second kappa shape index (κ2) is 8.20. The summed E-state index contributed by atoms with van der Waals surface area (Å²) in [6.45, 7) is 2.42. The summed E-state index contributed by atoms with van der Waals surface area (Å²) in [4.78, 5) is 16.2. The molecule has 1 heterocycles. The molecule has 0 aliphatic rings. The van der Waals surface area contributed by atoms with Gasteiger partial charge in [-0.15, -0.1) is 0 Å². The van der Waals surface area contributed by atoms with Crippen molar-refractivity contribution in [2.45, 2.75) is 19.5 Å². The molecular weight excluding hydrogens is 328 g/mol. The van der Waals surface area contributed by atoms with E-state index in [1.807, 2.05) is 66.2 Å². The Bertz CT molecular complexity index is 827. The number of hydrogen-bond donors (Lipinski definition) is 2. The predicted molar refractivity (Wildman–Crippen MR) is 100 cm³/mol. The molecule has 2 aromatic carbocycles. The van der Waals surface area contributed by atoms with Crippen molar-refractivity contribution in [3.63, 3.8) is 0 Å². The fourth-order valence-electron chi connectivity index (χ4n) is 2.60. The number of rotatable bonds is 6. The molecule has 6 nitrogen and oxygen atoms in total. The molecule has 0 spiro atoms. The molecule has 0 aliphatic heterocycles. The molecule has 1 unspecified atom stereocenters. The van der Waals surface area contributed by atoms with Crippen LogP contribution in [0, 0.1) is 0 Å². The van der Waals surface area contributed by atoms with Gasteiger partial charge in [0, 0.05) is 24.6 Å². The van der Waals surface area contributed by atoms with E-state index < -0.39 is 0 Å². The van der Waals surface area contributed by atoms with E-state index in [2.05, 4.69) is 15.6 Å². The lowest BCUT2D eigenvalue weighted by molar-refractivity contribution is 0.237. The minimum absolute atomic E-state index is 0.0947. The number of urea groups is 1. The maximum atomic E-state index is 12.1. The average molecular weight is 350 g/mol. The number of benzene rings is 2. The highest BCUT2D eigenvalue weighted by atomic mass is 16.5. The lowest BCUT2D eigenvalue weighted by Gasteiger charge is -2.16. The number of methoxy groups -OCH3 is 1. The van der Waals surface area contributed by atoms with Crippen LogP contribution in [0.3, 0.4) is 0 Å². The van der Waals surface area contributed by atoms with Crippen LogP contribution in [-0.4, -0.2) is 22.7 Å². The Morgan fingerprint density at radius 1 is 1.15 bits per heavy atom. The number of nitrogens with zero attached hydrogens (tertiary/aromatic N) is 2. The second-order valence-electron chi connectivity index (χ2n) is 5.96. The molecule has 6 heteroatoms. The third-order valence-electron chi connectivity index (χ3n) is 4.16. The van der Waals surface area contributed by atoms with Crippen molar-refractivity contribution in [3.05, 3.63) is 78.4 Å². The Balaban J connectivity index is 1.51. The standard InChI is InChI=1S/C20H22N4O2/c1-15(17-5-7-18(8-6-17)24-12-11-21-14-24)23-20(25)22-13-16-3-9-19(26-2)10-4-16/h3-12,14-15H,13H2,1-2H3,(H2,22,23,25). The number of hydrogen-bond acceptors (Lipinski definition) is 3. The summed E-state index contributed by atoms with van der Waals surface area (Å²) in [5, 5.41) is 5.82. The number of imidazole rings is 1. The molecule has 0 aliphatic carbocycles. The molecule has 2 amide bonds. The Morgan fingerprint density at radius 2 is 1.88 bits per heavy atom. The maximum Gasteiger partial charge on any atom is 0.315 e. The van der Waals surface area contributed by atoms with E-state index in [0.717, 1.165) is 22.6 Å². The maximum absolute atomic E-state index is 12.1. The van der Waals surface area contributed by atoms with Crippen molar-refractivity contribution < 1.29 is 9.53 Å². The van der Waals surface area contributed by atoms with Gasteiger partial charge in [-0.2, -0.15) is 0 Å². The molecule has 3 aromatic rings. The molecule has 0 radical (unpaired) electrons. The first kappa shape index (κ1) is 17.5. The molecule has 2 N–H and O–H groups in total. The van der Waals surface area contributed by atoms with Crippen LogP contribution in [0.15, 0.2) is 67.3 Å². The van der Waals surface area contributed by atoms with Gasteiger partial charge >= 0.3 is 6.03 Å². The van der Waals surface area contributed by atoms with Gasteiger partial charge < -0.3 is 19.9 Å². The van der Waals surface area contributed by atoms with Gasteiger partial charge in [0.05, 0.1) is 19.5 Å². The van der Waals surface area contributed by atoms with Crippen LogP contribution in [0.5, 0.6) is 5.75 Å². The largest absolute Gasteiger partial charge is 0.497 e. The van der Waals surface area contributed by atoms with Crippen LogP contribution in [0.2, 0.25) is 0 Å². The monoisotopic (exact) mass is 350 g/mol. The third kappa shape index (κ3) is 4.42. The summed E-state index contributed by atoms with van der Waals surface area (Å²) in [5.41, 5.74) is 3.08. The Morgan fingerprint density at radius 3 is 2.50 bits per heavy atom. The molecule has 26 heavy (non-hydrogen) atoms. The van der Waals surface area contributed by atoms with Crippen molar-refractivity contribution in [1.29, 1.82) is 0 Å². The highest BCUT2D eigenvalue weighted by Crippen LogP contribution is 2.16. The van der Waals surface area contributed by atoms with Gasteiger partial charge in [-0.3, -0.25) is 0 Å². The molecule has 3 rings (SSSR count). The van der Waals surface area contributed by atoms with Gasteiger partial charge in [-0.1, -0.05) is 24.3 Å². The van der Waals surface area contributed by atoms with E-state index in [0.29, 0.717) is 6.54 Å². The van der Waals surface area contributed by atoms with Gasteiger partial charge in [0.15, 0.2) is 0 Å². The quantitative estimate of drug-likeness (QED) is 0.715. The van der Waals surface area contributed by atoms with Crippen molar-refractivity contribution in [1.82, 2.24) is 20.2 Å².